The third-order valence-electron chi connectivity index (χ3n) is 3.47. The largest absolute Gasteiger partial charge is 0.313 e. The second-order valence-electron chi connectivity index (χ2n) is 4.88. The van der Waals surface area contributed by atoms with Crippen molar-refractivity contribution in [3.05, 3.63) is 58.7 Å². The molecule has 0 bridgehead atoms. The zero-order valence-corrected chi connectivity index (χ0v) is 12.2. The van der Waals surface area contributed by atoms with Crippen LogP contribution in [0.3, 0.4) is 0 Å². The average Bonchev–Trinajstić information content (AvgIpc) is 2.46. The fraction of sp³-hybridized carbons (Fsp3) is 0.375. The van der Waals surface area contributed by atoms with Crippen molar-refractivity contribution in [3.8, 4) is 0 Å². The molecule has 1 atom stereocenters. The van der Waals surface area contributed by atoms with Gasteiger partial charge in [0.05, 0.1) is 11.4 Å². The van der Waals surface area contributed by atoms with E-state index < -0.39 is 0 Å². The minimum Gasteiger partial charge on any atom is -0.313 e. The first-order valence-electron chi connectivity index (χ1n) is 6.89. The van der Waals surface area contributed by atoms with E-state index in [2.05, 4.69) is 22.4 Å². The first-order valence-corrected chi connectivity index (χ1v) is 6.89. The quantitative estimate of drug-likeness (QED) is 0.910. The summed E-state index contributed by atoms with van der Waals surface area (Å²) in [4.78, 5) is 0. The van der Waals surface area contributed by atoms with Gasteiger partial charge in [-0.3, -0.25) is 0 Å². The molecule has 0 aliphatic carbocycles. The Morgan fingerprint density at radius 2 is 2.00 bits per heavy atom. The lowest BCUT2D eigenvalue weighted by molar-refractivity contribution is 0.547. The summed E-state index contributed by atoms with van der Waals surface area (Å²) in [6.07, 6.45) is 1.42. The van der Waals surface area contributed by atoms with Gasteiger partial charge in [0, 0.05) is 6.04 Å². The number of likely N-dealkylation sites (N-methyl/N-ethyl adjacent to an activating group) is 1. The minimum atomic E-state index is -0.162. The summed E-state index contributed by atoms with van der Waals surface area (Å²) < 4.78 is 13.8. The molecule has 2 aromatic rings. The molecule has 1 aromatic carbocycles. The molecule has 0 aliphatic heterocycles. The molecule has 1 heterocycles. The summed E-state index contributed by atoms with van der Waals surface area (Å²) in [5, 5.41) is 11.6. The Labute approximate surface area is 119 Å². The van der Waals surface area contributed by atoms with Crippen LogP contribution in [-0.4, -0.2) is 17.2 Å². The normalized spacial score (nSPS) is 12.4. The smallest absolute Gasteiger partial charge is 0.126 e. The van der Waals surface area contributed by atoms with Crippen molar-refractivity contribution in [2.45, 2.75) is 32.7 Å². The summed E-state index contributed by atoms with van der Waals surface area (Å²) in [5.41, 5.74) is 3.66. The van der Waals surface area contributed by atoms with Crippen LogP contribution in [0.5, 0.6) is 0 Å². The van der Waals surface area contributed by atoms with Gasteiger partial charge in [-0.15, -0.1) is 0 Å². The predicted octanol–water partition coefficient (Wildman–Crippen LogP) is 2.99. The maximum atomic E-state index is 13.8. The van der Waals surface area contributed by atoms with Crippen molar-refractivity contribution in [1.29, 1.82) is 0 Å². The number of hydrogen-bond acceptors (Lipinski definition) is 3. The van der Waals surface area contributed by atoms with Crippen LogP contribution >= 0.6 is 0 Å². The molecule has 0 saturated carbocycles. The minimum absolute atomic E-state index is 0.0380. The second-order valence-corrected chi connectivity index (χ2v) is 4.88. The van der Waals surface area contributed by atoms with Gasteiger partial charge in [-0.1, -0.05) is 25.1 Å². The molecule has 4 heteroatoms. The second kappa shape index (κ2) is 6.57. The van der Waals surface area contributed by atoms with E-state index in [0.717, 1.165) is 23.4 Å². The molecular weight excluding hydrogens is 253 g/mol. The summed E-state index contributed by atoms with van der Waals surface area (Å²) in [5.74, 6) is -0.162. The van der Waals surface area contributed by atoms with Crippen molar-refractivity contribution < 1.29 is 4.39 Å². The van der Waals surface area contributed by atoms with E-state index in [4.69, 9.17) is 0 Å². The van der Waals surface area contributed by atoms with Crippen molar-refractivity contribution in [1.82, 2.24) is 15.5 Å². The Morgan fingerprint density at radius 1 is 1.25 bits per heavy atom. The maximum Gasteiger partial charge on any atom is 0.126 e. The van der Waals surface area contributed by atoms with Gasteiger partial charge < -0.3 is 5.32 Å². The molecule has 1 N–H and O–H groups in total. The lowest BCUT2D eigenvalue weighted by atomic mass is 9.96. The maximum absolute atomic E-state index is 13.8. The van der Waals surface area contributed by atoms with E-state index in [0.29, 0.717) is 12.0 Å². The van der Waals surface area contributed by atoms with Gasteiger partial charge in [0.2, 0.25) is 0 Å². The van der Waals surface area contributed by atoms with Crippen LogP contribution in [0.2, 0.25) is 0 Å². The lowest BCUT2D eigenvalue weighted by Crippen LogP contribution is -2.22. The van der Waals surface area contributed by atoms with Crippen LogP contribution in [0.4, 0.5) is 4.39 Å². The van der Waals surface area contributed by atoms with E-state index in [-0.39, 0.29) is 11.9 Å². The molecule has 2 rings (SSSR count). The highest BCUT2D eigenvalue weighted by Gasteiger charge is 2.17. The number of hydrogen-bond donors (Lipinski definition) is 1. The van der Waals surface area contributed by atoms with E-state index in [9.17, 15) is 4.39 Å². The van der Waals surface area contributed by atoms with E-state index in [1.807, 2.05) is 32.2 Å². The van der Waals surface area contributed by atoms with Gasteiger partial charge in [-0.25, -0.2) is 4.39 Å². The van der Waals surface area contributed by atoms with Crippen molar-refractivity contribution in [2.75, 3.05) is 7.05 Å². The summed E-state index contributed by atoms with van der Waals surface area (Å²) in [7, 11) is 1.89. The highest BCUT2D eigenvalue weighted by molar-refractivity contribution is 5.28. The number of benzene rings is 1. The van der Waals surface area contributed by atoms with Gasteiger partial charge in [0.1, 0.15) is 5.82 Å². The molecule has 1 aromatic heterocycles. The number of aryl methyl sites for hydroxylation is 2. The fourth-order valence-corrected chi connectivity index (χ4v) is 2.36. The SMILES string of the molecule is CCc1nnc(C)cc1C(Cc1ccccc1F)NC. The third-order valence-corrected chi connectivity index (χ3v) is 3.47. The van der Waals surface area contributed by atoms with Crippen LogP contribution in [0.25, 0.3) is 0 Å². The lowest BCUT2D eigenvalue weighted by Gasteiger charge is -2.19. The Balaban J connectivity index is 2.33. The van der Waals surface area contributed by atoms with Gasteiger partial charge in [0.25, 0.3) is 0 Å². The van der Waals surface area contributed by atoms with Crippen molar-refractivity contribution in [3.63, 3.8) is 0 Å². The molecule has 1 unspecified atom stereocenters. The van der Waals surface area contributed by atoms with Crippen LogP contribution in [0, 0.1) is 12.7 Å². The number of halogens is 1. The predicted molar refractivity (Wildman–Crippen MR) is 78.1 cm³/mol. The number of nitrogens with zero attached hydrogens (tertiary/aromatic N) is 2. The topological polar surface area (TPSA) is 37.8 Å². The van der Waals surface area contributed by atoms with Gasteiger partial charge in [-0.05, 0) is 50.1 Å². The highest BCUT2D eigenvalue weighted by Crippen LogP contribution is 2.22. The van der Waals surface area contributed by atoms with E-state index in [1.165, 1.54) is 6.07 Å². The van der Waals surface area contributed by atoms with Crippen molar-refractivity contribution in [2.24, 2.45) is 0 Å². The van der Waals surface area contributed by atoms with E-state index >= 15 is 0 Å². The number of rotatable bonds is 5. The Morgan fingerprint density at radius 3 is 2.65 bits per heavy atom. The Hall–Kier alpha value is -1.81. The van der Waals surface area contributed by atoms with Gasteiger partial charge in [0.15, 0.2) is 0 Å². The first kappa shape index (κ1) is 14.6. The van der Waals surface area contributed by atoms with Crippen LogP contribution < -0.4 is 5.32 Å². The third kappa shape index (κ3) is 3.20. The van der Waals surface area contributed by atoms with Gasteiger partial charge in [-0.2, -0.15) is 10.2 Å². The molecule has 0 spiro atoms. The van der Waals surface area contributed by atoms with Crippen LogP contribution in [0.1, 0.15) is 35.5 Å². The Bertz CT molecular complexity index is 584. The molecule has 0 aliphatic rings. The zero-order chi connectivity index (χ0) is 14.5. The average molecular weight is 273 g/mol. The highest BCUT2D eigenvalue weighted by atomic mass is 19.1. The van der Waals surface area contributed by atoms with Gasteiger partial charge >= 0.3 is 0 Å². The van der Waals surface area contributed by atoms with Crippen LogP contribution in [-0.2, 0) is 12.8 Å². The van der Waals surface area contributed by atoms with E-state index in [1.54, 1.807) is 6.07 Å². The monoisotopic (exact) mass is 273 g/mol. The van der Waals surface area contributed by atoms with Crippen LogP contribution in [0.15, 0.2) is 30.3 Å². The molecule has 3 nitrogen and oxygen atoms in total. The molecule has 0 fully saturated rings. The molecule has 0 amide bonds. The molecule has 0 saturated heterocycles. The Kier molecular flexibility index (Phi) is 4.79. The summed E-state index contributed by atoms with van der Waals surface area (Å²) in [6, 6.07) is 8.97. The van der Waals surface area contributed by atoms with Crippen molar-refractivity contribution >= 4 is 0 Å². The molecule has 106 valence electrons. The standard InChI is InChI=1S/C16H20FN3/c1-4-15-13(9-11(2)19-20-15)16(18-3)10-12-7-5-6-8-14(12)17/h5-9,16,18H,4,10H2,1-3H3. The fourth-order valence-electron chi connectivity index (χ4n) is 2.36. The number of aromatic nitrogens is 2. The number of nitrogens with one attached hydrogen (secondary N) is 1. The molecular formula is C16H20FN3. The first-order chi connectivity index (χ1) is 9.65. The molecule has 0 radical (unpaired) electrons. The zero-order valence-electron chi connectivity index (χ0n) is 12.2. The summed E-state index contributed by atoms with van der Waals surface area (Å²) >= 11 is 0. The molecule has 20 heavy (non-hydrogen) atoms. The summed E-state index contributed by atoms with van der Waals surface area (Å²) in [6.45, 7) is 3.98.